The minimum absolute atomic E-state index is 0.0596. The number of nitrogens with zero attached hydrogens (tertiary/aromatic N) is 1. The molecule has 19 heavy (non-hydrogen) atoms. The van der Waals surface area contributed by atoms with Crippen LogP contribution in [0.5, 0.6) is 0 Å². The Hall–Kier alpha value is -1.99. The highest BCUT2D eigenvalue weighted by molar-refractivity contribution is 6.00. The molecule has 0 saturated heterocycles. The van der Waals surface area contributed by atoms with Crippen molar-refractivity contribution in [1.29, 1.82) is 0 Å². The fourth-order valence-corrected chi connectivity index (χ4v) is 1.54. The largest absolute Gasteiger partial charge is 0.478 e. The number of carboxylic acid groups (broad SMARTS) is 1. The highest BCUT2D eigenvalue weighted by Gasteiger charge is 2.28. The summed E-state index contributed by atoms with van der Waals surface area (Å²) in [4.78, 5) is 12.1. The number of hydrogen-bond donors (Lipinski definition) is 2. The molecule has 0 aliphatic rings. The van der Waals surface area contributed by atoms with Crippen LogP contribution < -0.4 is 10.6 Å². The Bertz CT molecular complexity index is 488. The van der Waals surface area contributed by atoms with E-state index in [1.165, 1.54) is 7.05 Å². The van der Waals surface area contributed by atoms with Gasteiger partial charge in [-0.15, -0.1) is 0 Å². The highest BCUT2D eigenvalue weighted by atomic mass is 19.4. The lowest BCUT2D eigenvalue weighted by Gasteiger charge is -2.22. The van der Waals surface area contributed by atoms with Gasteiger partial charge in [-0.2, -0.15) is 13.2 Å². The maximum atomic E-state index is 13.2. The van der Waals surface area contributed by atoms with Crippen molar-refractivity contribution in [2.24, 2.45) is 0 Å². The van der Waals surface area contributed by atoms with E-state index in [0.717, 1.165) is 17.0 Å². The molecular weight excluding hydrogens is 268 g/mol. The van der Waals surface area contributed by atoms with Gasteiger partial charge in [-0.3, -0.25) is 0 Å². The number of alkyl halides is 3. The Morgan fingerprint density at radius 2 is 2.00 bits per heavy atom. The minimum atomic E-state index is -4.36. The average Bonchev–Trinajstić information content (AvgIpc) is 2.27. The van der Waals surface area contributed by atoms with Gasteiger partial charge in [-0.25, -0.2) is 9.18 Å². The van der Waals surface area contributed by atoms with E-state index in [1.54, 1.807) is 0 Å². The Labute approximate surface area is 106 Å². The van der Waals surface area contributed by atoms with E-state index < -0.39 is 42.2 Å². The van der Waals surface area contributed by atoms with Crippen LogP contribution >= 0.6 is 0 Å². The van der Waals surface area contributed by atoms with E-state index in [0.29, 0.717) is 0 Å². The van der Waals surface area contributed by atoms with Gasteiger partial charge in [0.15, 0.2) is 0 Å². The lowest BCUT2D eigenvalue weighted by molar-refractivity contribution is -0.132. The summed E-state index contributed by atoms with van der Waals surface area (Å²) < 4.78 is 49.5. The van der Waals surface area contributed by atoms with Crippen molar-refractivity contribution in [2.75, 3.05) is 24.2 Å². The summed E-state index contributed by atoms with van der Waals surface area (Å²) in [6.07, 6.45) is -5.47. The molecule has 1 aromatic carbocycles. The van der Waals surface area contributed by atoms with Crippen molar-refractivity contribution in [2.45, 2.75) is 12.6 Å². The fraction of sp³-hybridized carbons (Fsp3) is 0.364. The monoisotopic (exact) mass is 280 g/mol. The van der Waals surface area contributed by atoms with Gasteiger partial charge in [0, 0.05) is 13.6 Å². The van der Waals surface area contributed by atoms with Crippen molar-refractivity contribution in [1.82, 2.24) is 0 Å². The standard InChI is InChI=1S/C11H12F4N2O2/c1-17(5-4-11(13,14)15)7-3-2-6(12)9(16)8(7)10(18)19/h2-3H,4-5,16H2,1H3,(H,18,19). The average molecular weight is 280 g/mol. The van der Waals surface area contributed by atoms with Gasteiger partial charge >= 0.3 is 12.1 Å². The lowest BCUT2D eigenvalue weighted by atomic mass is 10.1. The Morgan fingerprint density at radius 3 is 2.47 bits per heavy atom. The number of aromatic carboxylic acids is 1. The summed E-state index contributed by atoms with van der Waals surface area (Å²) in [7, 11) is 1.28. The molecule has 1 rings (SSSR count). The third-order valence-electron chi connectivity index (χ3n) is 2.53. The third kappa shape index (κ3) is 3.73. The molecule has 0 spiro atoms. The minimum Gasteiger partial charge on any atom is -0.478 e. The predicted octanol–water partition coefficient (Wildman–Crippen LogP) is 2.49. The SMILES string of the molecule is CN(CCC(F)(F)F)c1ccc(F)c(N)c1C(=O)O. The van der Waals surface area contributed by atoms with Crippen molar-refractivity contribution < 1.29 is 27.5 Å². The molecule has 1 aromatic rings. The highest BCUT2D eigenvalue weighted by Crippen LogP contribution is 2.29. The predicted molar refractivity (Wildman–Crippen MR) is 61.7 cm³/mol. The number of nitrogens with two attached hydrogens (primary N) is 1. The molecule has 106 valence electrons. The van der Waals surface area contributed by atoms with Crippen LogP contribution in [0, 0.1) is 5.82 Å². The number of hydrogen-bond acceptors (Lipinski definition) is 3. The zero-order valence-electron chi connectivity index (χ0n) is 9.96. The number of nitrogen functional groups attached to an aromatic ring is 1. The second kappa shape index (κ2) is 5.33. The molecule has 0 bridgehead atoms. The normalized spacial score (nSPS) is 11.4. The number of anilines is 2. The summed E-state index contributed by atoms with van der Waals surface area (Å²) in [6.45, 7) is -0.450. The fourth-order valence-electron chi connectivity index (χ4n) is 1.54. The van der Waals surface area contributed by atoms with Gasteiger partial charge in [0.25, 0.3) is 0 Å². The van der Waals surface area contributed by atoms with Gasteiger partial charge in [0.2, 0.25) is 0 Å². The van der Waals surface area contributed by atoms with Crippen molar-refractivity contribution in [3.05, 3.63) is 23.5 Å². The summed E-state index contributed by atoms with van der Waals surface area (Å²) in [6, 6.07) is 2.01. The molecule has 0 saturated carbocycles. The number of carbonyl (C=O) groups is 1. The van der Waals surface area contributed by atoms with Crippen LogP contribution in [0.3, 0.4) is 0 Å². The van der Waals surface area contributed by atoms with Gasteiger partial charge in [0.1, 0.15) is 11.4 Å². The van der Waals surface area contributed by atoms with Crippen LogP contribution in [0.1, 0.15) is 16.8 Å². The zero-order chi connectivity index (χ0) is 14.8. The molecule has 0 unspecified atom stereocenters. The molecular formula is C11H12F4N2O2. The number of halogens is 4. The lowest BCUT2D eigenvalue weighted by Crippen LogP contribution is -2.26. The van der Waals surface area contributed by atoms with Crippen molar-refractivity contribution >= 4 is 17.3 Å². The molecule has 4 nitrogen and oxygen atoms in total. The van der Waals surface area contributed by atoms with Gasteiger partial charge < -0.3 is 15.7 Å². The molecule has 0 fully saturated rings. The van der Waals surface area contributed by atoms with Crippen LogP contribution in [0.2, 0.25) is 0 Å². The number of carboxylic acids is 1. The van der Waals surface area contributed by atoms with Gasteiger partial charge in [-0.05, 0) is 12.1 Å². The van der Waals surface area contributed by atoms with E-state index in [2.05, 4.69) is 0 Å². The molecule has 0 aliphatic heterocycles. The van der Waals surface area contributed by atoms with Gasteiger partial charge in [0.05, 0.1) is 17.8 Å². The summed E-state index contributed by atoms with van der Waals surface area (Å²) in [5.41, 5.74) is 4.11. The number of rotatable bonds is 4. The first-order valence-corrected chi connectivity index (χ1v) is 5.22. The smallest absolute Gasteiger partial charge is 0.390 e. The summed E-state index contributed by atoms with van der Waals surface area (Å²) >= 11 is 0. The van der Waals surface area contributed by atoms with Crippen molar-refractivity contribution in [3.8, 4) is 0 Å². The molecule has 8 heteroatoms. The van der Waals surface area contributed by atoms with E-state index in [4.69, 9.17) is 10.8 Å². The maximum Gasteiger partial charge on any atom is 0.390 e. The summed E-state index contributed by atoms with van der Waals surface area (Å²) in [5.74, 6) is -2.42. The maximum absolute atomic E-state index is 13.2. The third-order valence-corrected chi connectivity index (χ3v) is 2.53. The Kier molecular flexibility index (Phi) is 4.23. The van der Waals surface area contributed by atoms with E-state index in [9.17, 15) is 22.4 Å². The number of benzene rings is 1. The van der Waals surface area contributed by atoms with E-state index in [-0.39, 0.29) is 5.69 Å². The molecule has 0 amide bonds. The molecule has 0 heterocycles. The first-order chi connectivity index (χ1) is 8.63. The topological polar surface area (TPSA) is 66.6 Å². The Morgan fingerprint density at radius 1 is 1.42 bits per heavy atom. The first kappa shape index (κ1) is 15.1. The van der Waals surface area contributed by atoms with Crippen LogP contribution in [0.25, 0.3) is 0 Å². The van der Waals surface area contributed by atoms with Crippen LogP contribution in [-0.4, -0.2) is 30.8 Å². The van der Waals surface area contributed by atoms with E-state index in [1.807, 2.05) is 0 Å². The first-order valence-electron chi connectivity index (χ1n) is 5.22. The summed E-state index contributed by atoms with van der Waals surface area (Å²) in [5, 5.41) is 8.95. The molecule has 3 N–H and O–H groups in total. The molecule has 0 radical (unpaired) electrons. The van der Waals surface area contributed by atoms with E-state index >= 15 is 0 Å². The zero-order valence-corrected chi connectivity index (χ0v) is 9.96. The molecule has 0 aromatic heterocycles. The molecule has 0 aliphatic carbocycles. The van der Waals surface area contributed by atoms with Crippen LogP contribution in [0.15, 0.2) is 12.1 Å². The van der Waals surface area contributed by atoms with Crippen molar-refractivity contribution in [3.63, 3.8) is 0 Å². The molecule has 0 atom stereocenters. The second-order valence-corrected chi connectivity index (χ2v) is 3.95. The van der Waals surface area contributed by atoms with Gasteiger partial charge in [-0.1, -0.05) is 0 Å². The van der Waals surface area contributed by atoms with Crippen LogP contribution in [0.4, 0.5) is 28.9 Å². The quantitative estimate of drug-likeness (QED) is 0.657. The van der Waals surface area contributed by atoms with Crippen LogP contribution in [-0.2, 0) is 0 Å². The second-order valence-electron chi connectivity index (χ2n) is 3.95. The Balaban J connectivity index is 3.06.